The molecule has 0 saturated heterocycles. The van der Waals surface area contributed by atoms with Gasteiger partial charge in [-0.25, -0.2) is 4.79 Å². The number of nitrogens with zero attached hydrogens (tertiary/aromatic N) is 1. The smallest absolute Gasteiger partial charge is 0.331 e. The van der Waals surface area contributed by atoms with Gasteiger partial charge in [-0.05, 0) is 92.4 Å². The highest BCUT2D eigenvalue weighted by Crippen LogP contribution is 2.69. The molecular weight excluding hydrogens is 386 g/mol. The van der Waals surface area contributed by atoms with Crippen molar-refractivity contribution in [1.82, 2.24) is 0 Å². The zero-order valence-corrected chi connectivity index (χ0v) is 18.0. The Labute approximate surface area is 177 Å². The fourth-order valence-electron chi connectivity index (χ4n) is 8.59. The molecule has 5 aliphatic rings. The van der Waals surface area contributed by atoms with Crippen LogP contribution in [-0.4, -0.2) is 34.5 Å². The van der Waals surface area contributed by atoms with E-state index in [1.54, 1.807) is 6.08 Å². The Morgan fingerprint density at radius 3 is 2.63 bits per heavy atom. The number of fused-ring (bicyclic) bond motifs is 5. The molecule has 166 valence electrons. The van der Waals surface area contributed by atoms with E-state index in [1.807, 2.05) is 0 Å². The van der Waals surface area contributed by atoms with Crippen molar-refractivity contribution in [2.45, 2.75) is 83.3 Å². The summed E-state index contributed by atoms with van der Waals surface area (Å²) in [5, 5.41) is 22.3. The van der Waals surface area contributed by atoms with Gasteiger partial charge in [-0.15, -0.1) is 10.1 Å². The number of carbonyl (C=O) groups excluding carboxylic acids is 1. The lowest BCUT2D eigenvalue weighted by molar-refractivity contribution is -0.770. The van der Waals surface area contributed by atoms with Crippen molar-refractivity contribution in [3.8, 4) is 0 Å². The monoisotopic (exact) mass is 419 g/mol. The lowest BCUT2D eigenvalue weighted by Gasteiger charge is -2.63. The quantitative estimate of drug-likeness (QED) is 0.424. The summed E-state index contributed by atoms with van der Waals surface area (Å²) in [6.45, 7) is 4.98. The van der Waals surface area contributed by atoms with Gasteiger partial charge >= 0.3 is 5.97 Å². The van der Waals surface area contributed by atoms with Crippen LogP contribution in [0, 0.1) is 44.6 Å². The molecule has 30 heavy (non-hydrogen) atoms. The molecule has 0 aromatic rings. The van der Waals surface area contributed by atoms with Gasteiger partial charge in [0.2, 0.25) is 0 Å². The fraction of sp³-hybridized carbons (Fsp3) is 0.870. The minimum atomic E-state index is -0.713. The highest BCUT2D eigenvalue weighted by molar-refractivity contribution is 5.85. The molecule has 7 heteroatoms. The van der Waals surface area contributed by atoms with Gasteiger partial charge in [-0.3, -0.25) is 0 Å². The average molecular weight is 420 g/mol. The van der Waals surface area contributed by atoms with Crippen LogP contribution in [0.4, 0.5) is 0 Å². The summed E-state index contributed by atoms with van der Waals surface area (Å²) < 4.78 is 5.19. The molecule has 0 unspecified atom stereocenters. The third-order valence-corrected chi connectivity index (χ3v) is 10.2. The summed E-state index contributed by atoms with van der Waals surface area (Å²) in [7, 11) is 0. The van der Waals surface area contributed by atoms with Crippen LogP contribution in [-0.2, 0) is 14.4 Å². The van der Waals surface area contributed by atoms with Crippen molar-refractivity contribution in [2.24, 2.45) is 34.5 Å². The van der Waals surface area contributed by atoms with Crippen LogP contribution in [0.3, 0.4) is 0 Å². The second kappa shape index (κ2) is 6.68. The minimum absolute atomic E-state index is 0.111. The van der Waals surface area contributed by atoms with E-state index in [-0.39, 0.29) is 34.7 Å². The van der Waals surface area contributed by atoms with E-state index in [0.29, 0.717) is 18.4 Å². The number of hydrogen-bond donors (Lipinski definition) is 1. The molecule has 1 aliphatic heterocycles. The van der Waals surface area contributed by atoms with Gasteiger partial charge in [-0.2, -0.15) is 0 Å². The van der Waals surface area contributed by atoms with Crippen LogP contribution in [0.15, 0.2) is 11.6 Å². The molecule has 0 amide bonds. The van der Waals surface area contributed by atoms with Crippen LogP contribution < -0.4 is 0 Å². The normalized spacial score (nSPS) is 50.0. The minimum Gasteiger partial charge on any atom is -0.458 e. The van der Waals surface area contributed by atoms with Gasteiger partial charge in [0.1, 0.15) is 12.7 Å². The van der Waals surface area contributed by atoms with Gasteiger partial charge in [-0.1, -0.05) is 13.8 Å². The molecule has 0 radical (unpaired) electrons. The molecule has 4 aliphatic carbocycles. The number of esters is 1. The average Bonchev–Trinajstić information content (AvgIpc) is 3.22. The molecule has 1 N–H and O–H groups in total. The fourth-order valence-corrected chi connectivity index (χ4v) is 8.59. The number of ether oxygens (including phenoxy) is 1. The van der Waals surface area contributed by atoms with Crippen molar-refractivity contribution in [2.75, 3.05) is 6.61 Å². The molecule has 4 fully saturated rings. The predicted molar refractivity (Wildman–Crippen MR) is 108 cm³/mol. The Kier molecular flexibility index (Phi) is 4.52. The van der Waals surface area contributed by atoms with E-state index in [9.17, 15) is 20.0 Å². The Hall–Kier alpha value is -1.63. The van der Waals surface area contributed by atoms with Gasteiger partial charge in [0, 0.05) is 11.5 Å². The second-order valence-corrected chi connectivity index (χ2v) is 11.0. The van der Waals surface area contributed by atoms with Gasteiger partial charge in [0.05, 0.1) is 5.60 Å². The van der Waals surface area contributed by atoms with E-state index in [0.717, 1.165) is 63.4 Å². The molecule has 0 aromatic carbocycles. The van der Waals surface area contributed by atoms with Crippen LogP contribution in [0.25, 0.3) is 0 Å². The number of hydrogen-bond acceptors (Lipinski definition) is 6. The summed E-state index contributed by atoms with van der Waals surface area (Å²) >= 11 is 0. The summed E-state index contributed by atoms with van der Waals surface area (Å²) in [5.41, 5.74) is 0.243. The zero-order valence-electron chi connectivity index (χ0n) is 18.0. The van der Waals surface area contributed by atoms with E-state index >= 15 is 0 Å². The van der Waals surface area contributed by atoms with Crippen molar-refractivity contribution >= 4 is 5.97 Å². The van der Waals surface area contributed by atoms with Gasteiger partial charge in [0.25, 0.3) is 5.09 Å². The highest BCUT2D eigenvalue weighted by Gasteiger charge is 2.67. The number of aliphatic hydroxyl groups is 1. The molecular formula is C23H33NO6. The molecule has 0 bridgehead atoms. The highest BCUT2D eigenvalue weighted by atomic mass is 17.0. The molecule has 0 spiro atoms. The first-order chi connectivity index (χ1) is 14.2. The molecule has 1 heterocycles. The van der Waals surface area contributed by atoms with Crippen LogP contribution in [0.2, 0.25) is 0 Å². The topological polar surface area (TPSA) is 98.9 Å². The molecule has 4 saturated carbocycles. The summed E-state index contributed by atoms with van der Waals surface area (Å²) in [4.78, 5) is 27.4. The predicted octanol–water partition coefficient (Wildman–Crippen LogP) is 3.82. The Balaban J connectivity index is 1.40. The van der Waals surface area contributed by atoms with Crippen LogP contribution in [0.1, 0.15) is 71.6 Å². The van der Waals surface area contributed by atoms with E-state index < -0.39 is 10.7 Å². The Bertz CT molecular complexity index is 797. The Morgan fingerprint density at radius 1 is 1.13 bits per heavy atom. The van der Waals surface area contributed by atoms with Crippen molar-refractivity contribution < 1.29 is 24.6 Å². The number of cyclic esters (lactones) is 1. The van der Waals surface area contributed by atoms with Crippen molar-refractivity contribution in [3.63, 3.8) is 0 Å². The summed E-state index contributed by atoms with van der Waals surface area (Å²) in [5.74, 6) is 1.09. The lowest BCUT2D eigenvalue weighted by Crippen LogP contribution is -2.62. The molecule has 8 atom stereocenters. The van der Waals surface area contributed by atoms with Gasteiger partial charge < -0.3 is 14.7 Å². The number of carbonyl (C=O) groups is 1. The van der Waals surface area contributed by atoms with E-state index in [2.05, 4.69) is 13.8 Å². The SMILES string of the molecule is C[C@]12CC[C@H](O[N+](=O)[O-])C[C@@H]1CC[C@@H]1[C@@H]2CC[C@]2(C)[C@H](C3=CC(=O)OC3)CC[C@]12O. The summed E-state index contributed by atoms with van der Waals surface area (Å²) in [6, 6.07) is 0. The standard InChI is InChI=1S/C23H33NO6/c1-21-8-5-16(30-24(27)28)12-15(21)3-4-19-18(21)6-9-22(2)17(7-10-23(19,22)26)14-11-20(25)29-13-14/h11,15-19,26H,3-10,12-13H2,1-2H3/t15-,16-,17-,18-,19+,21-,22+,23-/m0/s1. The molecule has 5 rings (SSSR count). The van der Waals surface area contributed by atoms with E-state index in [1.165, 1.54) is 0 Å². The van der Waals surface area contributed by atoms with Crippen LogP contribution >= 0.6 is 0 Å². The first kappa shape index (κ1) is 20.3. The lowest BCUT2D eigenvalue weighted by atomic mass is 9.43. The van der Waals surface area contributed by atoms with Crippen LogP contribution in [0.5, 0.6) is 0 Å². The largest absolute Gasteiger partial charge is 0.458 e. The first-order valence-electron chi connectivity index (χ1n) is 11.6. The van der Waals surface area contributed by atoms with Crippen molar-refractivity contribution in [1.29, 1.82) is 0 Å². The molecule has 7 nitrogen and oxygen atoms in total. The maximum atomic E-state index is 12.2. The van der Waals surface area contributed by atoms with E-state index in [4.69, 9.17) is 9.57 Å². The van der Waals surface area contributed by atoms with Crippen molar-refractivity contribution in [3.05, 3.63) is 21.8 Å². The summed E-state index contributed by atoms with van der Waals surface area (Å²) in [6.07, 6.45) is 9.50. The second-order valence-electron chi connectivity index (χ2n) is 11.0. The maximum absolute atomic E-state index is 12.2. The maximum Gasteiger partial charge on any atom is 0.331 e. The Morgan fingerprint density at radius 2 is 1.93 bits per heavy atom. The molecule has 0 aromatic heterocycles. The van der Waals surface area contributed by atoms with Gasteiger partial charge in [0.15, 0.2) is 0 Å². The zero-order chi connectivity index (χ0) is 21.3. The number of rotatable bonds is 3. The third kappa shape index (κ3) is 2.69. The third-order valence-electron chi connectivity index (χ3n) is 10.2. The first-order valence-corrected chi connectivity index (χ1v) is 11.6.